The van der Waals surface area contributed by atoms with Crippen molar-refractivity contribution < 1.29 is 4.74 Å². The molecule has 1 saturated heterocycles. The Kier molecular flexibility index (Phi) is 5.63. The topological polar surface area (TPSA) is 41.7 Å². The van der Waals surface area contributed by atoms with Gasteiger partial charge in [0.15, 0.2) is 0 Å². The minimum atomic E-state index is 0.760. The first kappa shape index (κ1) is 14.3. The van der Waals surface area contributed by atoms with Crippen LogP contribution in [-0.2, 0) is 6.54 Å². The molecule has 1 aromatic rings. The monoisotopic (exact) mass is 263 g/mol. The predicted octanol–water partition coefficient (Wildman–Crippen LogP) is 1.16. The standard InChI is InChI=1S/C15H25N3O/c1-19-15-5-2-4-14(12-15)13-18-8-3-7-17(9-6-16)10-11-18/h2,4-5,12H,3,6-11,13,16H2,1H3. The van der Waals surface area contributed by atoms with Gasteiger partial charge in [-0.05, 0) is 37.2 Å². The van der Waals surface area contributed by atoms with Crippen LogP contribution in [0.5, 0.6) is 5.75 Å². The summed E-state index contributed by atoms with van der Waals surface area (Å²) < 4.78 is 5.28. The van der Waals surface area contributed by atoms with Gasteiger partial charge in [0.2, 0.25) is 0 Å². The molecule has 0 amide bonds. The molecule has 0 atom stereocenters. The van der Waals surface area contributed by atoms with Crippen LogP contribution in [0.15, 0.2) is 24.3 Å². The zero-order chi connectivity index (χ0) is 13.5. The summed E-state index contributed by atoms with van der Waals surface area (Å²) in [7, 11) is 1.72. The predicted molar refractivity (Wildman–Crippen MR) is 78.4 cm³/mol. The first-order valence-electron chi connectivity index (χ1n) is 7.09. The third-order valence-electron chi connectivity index (χ3n) is 3.67. The number of hydrogen-bond acceptors (Lipinski definition) is 4. The SMILES string of the molecule is COc1cccc(CN2CCCN(CCN)CC2)c1. The van der Waals surface area contributed by atoms with Crippen molar-refractivity contribution in [1.29, 1.82) is 0 Å². The van der Waals surface area contributed by atoms with Gasteiger partial charge in [0.1, 0.15) is 5.75 Å². The fourth-order valence-electron chi connectivity index (χ4n) is 2.62. The van der Waals surface area contributed by atoms with Gasteiger partial charge < -0.3 is 15.4 Å². The lowest BCUT2D eigenvalue weighted by Gasteiger charge is -2.21. The smallest absolute Gasteiger partial charge is 0.119 e. The van der Waals surface area contributed by atoms with Crippen LogP contribution in [0.4, 0.5) is 0 Å². The van der Waals surface area contributed by atoms with E-state index >= 15 is 0 Å². The first-order valence-corrected chi connectivity index (χ1v) is 7.09. The molecular formula is C15H25N3O. The van der Waals surface area contributed by atoms with Crippen LogP contribution in [-0.4, -0.2) is 56.2 Å². The molecule has 0 unspecified atom stereocenters. The Morgan fingerprint density at radius 2 is 1.95 bits per heavy atom. The lowest BCUT2D eigenvalue weighted by Crippen LogP contribution is -2.33. The molecule has 0 bridgehead atoms. The van der Waals surface area contributed by atoms with E-state index in [0.29, 0.717) is 0 Å². The molecule has 2 rings (SSSR count). The number of nitrogens with zero attached hydrogens (tertiary/aromatic N) is 2. The number of benzene rings is 1. The van der Waals surface area contributed by atoms with Crippen molar-refractivity contribution >= 4 is 0 Å². The Bertz CT molecular complexity index is 383. The van der Waals surface area contributed by atoms with Gasteiger partial charge in [0.25, 0.3) is 0 Å². The normalized spacial score (nSPS) is 18.2. The summed E-state index contributed by atoms with van der Waals surface area (Å²) in [6.45, 7) is 7.37. The summed E-state index contributed by atoms with van der Waals surface area (Å²) in [6.07, 6.45) is 1.23. The molecule has 0 aliphatic carbocycles. The molecule has 19 heavy (non-hydrogen) atoms. The lowest BCUT2D eigenvalue weighted by molar-refractivity contribution is 0.254. The van der Waals surface area contributed by atoms with Crippen LogP contribution < -0.4 is 10.5 Å². The van der Waals surface area contributed by atoms with Gasteiger partial charge in [-0.3, -0.25) is 4.90 Å². The van der Waals surface area contributed by atoms with Crippen LogP contribution >= 0.6 is 0 Å². The van der Waals surface area contributed by atoms with Crippen molar-refractivity contribution in [3.05, 3.63) is 29.8 Å². The first-order chi connectivity index (χ1) is 9.31. The number of ether oxygens (including phenoxy) is 1. The second-order valence-corrected chi connectivity index (χ2v) is 5.11. The van der Waals surface area contributed by atoms with Gasteiger partial charge in [-0.15, -0.1) is 0 Å². The highest BCUT2D eigenvalue weighted by Gasteiger charge is 2.14. The fraction of sp³-hybridized carbons (Fsp3) is 0.600. The van der Waals surface area contributed by atoms with E-state index in [0.717, 1.165) is 45.0 Å². The maximum atomic E-state index is 5.63. The highest BCUT2D eigenvalue weighted by molar-refractivity contribution is 5.28. The molecule has 1 heterocycles. The fourth-order valence-corrected chi connectivity index (χ4v) is 2.62. The van der Waals surface area contributed by atoms with E-state index in [-0.39, 0.29) is 0 Å². The van der Waals surface area contributed by atoms with Crippen molar-refractivity contribution in [3.63, 3.8) is 0 Å². The molecule has 106 valence electrons. The Morgan fingerprint density at radius 1 is 1.16 bits per heavy atom. The maximum absolute atomic E-state index is 5.63. The maximum Gasteiger partial charge on any atom is 0.119 e. The van der Waals surface area contributed by atoms with Crippen molar-refractivity contribution in [2.75, 3.05) is 46.4 Å². The van der Waals surface area contributed by atoms with Crippen LogP contribution in [0.2, 0.25) is 0 Å². The third kappa shape index (κ3) is 4.49. The van der Waals surface area contributed by atoms with Gasteiger partial charge in [0.05, 0.1) is 7.11 Å². The average molecular weight is 263 g/mol. The van der Waals surface area contributed by atoms with Crippen molar-refractivity contribution in [2.24, 2.45) is 5.73 Å². The second kappa shape index (κ2) is 7.48. The molecular weight excluding hydrogens is 238 g/mol. The van der Waals surface area contributed by atoms with Crippen molar-refractivity contribution in [1.82, 2.24) is 9.80 Å². The molecule has 1 fully saturated rings. The van der Waals surface area contributed by atoms with E-state index in [1.54, 1.807) is 7.11 Å². The molecule has 1 aliphatic heterocycles. The summed E-state index contributed by atoms with van der Waals surface area (Å²) in [5, 5.41) is 0. The zero-order valence-electron chi connectivity index (χ0n) is 11.8. The Morgan fingerprint density at radius 3 is 2.74 bits per heavy atom. The summed E-state index contributed by atoms with van der Waals surface area (Å²) in [4.78, 5) is 4.98. The molecule has 0 aromatic heterocycles. The van der Waals surface area contributed by atoms with Crippen LogP contribution in [0.1, 0.15) is 12.0 Å². The summed E-state index contributed by atoms with van der Waals surface area (Å²) in [5.41, 5.74) is 6.96. The Hall–Kier alpha value is -1.10. The van der Waals surface area contributed by atoms with Gasteiger partial charge in [-0.1, -0.05) is 12.1 Å². The van der Waals surface area contributed by atoms with Crippen LogP contribution in [0, 0.1) is 0 Å². The second-order valence-electron chi connectivity index (χ2n) is 5.11. The molecule has 1 aliphatic rings. The van der Waals surface area contributed by atoms with Crippen molar-refractivity contribution in [3.8, 4) is 5.75 Å². The van der Waals surface area contributed by atoms with Gasteiger partial charge in [-0.25, -0.2) is 0 Å². The molecule has 2 N–H and O–H groups in total. The van der Waals surface area contributed by atoms with E-state index in [9.17, 15) is 0 Å². The molecule has 1 aromatic carbocycles. The highest BCUT2D eigenvalue weighted by atomic mass is 16.5. The third-order valence-corrected chi connectivity index (χ3v) is 3.67. The number of rotatable bonds is 5. The van der Waals surface area contributed by atoms with Gasteiger partial charge >= 0.3 is 0 Å². The summed E-state index contributed by atoms with van der Waals surface area (Å²) in [6, 6.07) is 8.36. The quantitative estimate of drug-likeness (QED) is 0.865. The Labute approximate surface area is 116 Å². The lowest BCUT2D eigenvalue weighted by atomic mass is 10.2. The van der Waals surface area contributed by atoms with E-state index in [1.165, 1.54) is 18.5 Å². The minimum absolute atomic E-state index is 0.760. The minimum Gasteiger partial charge on any atom is -0.497 e. The molecule has 0 saturated carbocycles. The highest BCUT2D eigenvalue weighted by Crippen LogP contribution is 2.15. The number of nitrogens with two attached hydrogens (primary N) is 1. The molecule has 0 radical (unpaired) electrons. The molecule has 4 nitrogen and oxygen atoms in total. The van der Waals surface area contributed by atoms with Gasteiger partial charge in [-0.2, -0.15) is 0 Å². The summed E-state index contributed by atoms with van der Waals surface area (Å²) in [5.74, 6) is 0.942. The number of hydrogen-bond donors (Lipinski definition) is 1. The van der Waals surface area contributed by atoms with E-state index in [4.69, 9.17) is 10.5 Å². The summed E-state index contributed by atoms with van der Waals surface area (Å²) >= 11 is 0. The average Bonchev–Trinajstić information content (AvgIpc) is 2.65. The molecule has 0 spiro atoms. The molecule has 4 heteroatoms. The van der Waals surface area contributed by atoms with Crippen LogP contribution in [0.3, 0.4) is 0 Å². The Balaban J connectivity index is 1.88. The van der Waals surface area contributed by atoms with Crippen LogP contribution in [0.25, 0.3) is 0 Å². The largest absolute Gasteiger partial charge is 0.497 e. The zero-order valence-corrected chi connectivity index (χ0v) is 11.8. The van der Waals surface area contributed by atoms with Gasteiger partial charge in [0, 0.05) is 32.7 Å². The van der Waals surface area contributed by atoms with E-state index < -0.39 is 0 Å². The van der Waals surface area contributed by atoms with Crippen molar-refractivity contribution in [2.45, 2.75) is 13.0 Å². The van der Waals surface area contributed by atoms with E-state index in [1.807, 2.05) is 6.07 Å². The van der Waals surface area contributed by atoms with E-state index in [2.05, 4.69) is 28.0 Å². The number of methoxy groups -OCH3 is 1.